The van der Waals surface area contributed by atoms with Crippen molar-refractivity contribution in [3.63, 3.8) is 0 Å². The van der Waals surface area contributed by atoms with Crippen LogP contribution in [-0.4, -0.2) is 9.55 Å². The third-order valence-electron chi connectivity index (χ3n) is 5.73. The average molecular weight is 428 g/mol. The van der Waals surface area contributed by atoms with Crippen molar-refractivity contribution >= 4 is 0 Å². The Morgan fingerprint density at radius 2 is 1.15 bits per heavy atom. The molecule has 0 atom stereocenters. The first-order valence-electron chi connectivity index (χ1n) is 10.7. The predicted molar refractivity (Wildman–Crippen MR) is 128 cm³/mol. The minimum absolute atomic E-state index is 0.479. The van der Waals surface area contributed by atoms with E-state index in [1.807, 2.05) is 30.7 Å². The van der Waals surface area contributed by atoms with Gasteiger partial charge in [0.1, 0.15) is 17.6 Å². The van der Waals surface area contributed by atoms with E-state index in [1.165, 1.54) is 0 Å². The zero-order valence-corrected chi connectivity index (χ0v) is 17.9. The summed E-state index contributed by atoms with van der Waals surface area (Å²) in [5, 5.41) is 9.03. The Hall–Kier alpha value is -4.62. The van der Waals surface area contributed by atoms with Crippen molar-refractivity contribution in [2.45, 2.75) is 5.54 Å². The Kier molecular flexibility index (Phi) is 5.45. The van der Waals surface area contributed by atoms with E-state index in [-0.39, 0.29) is 0 Å². The smallest absolute Gasteiger partial charge is 0.237 e. The topological polar surface area (TPSA) is 50.8 Å². The van der Waals surface area contributed by atoms with Gasteiger partial charge in [0.05, 0.1) is 17.8 Å². The fourth-order valence-electron chi connectivity index (χ4n) is 4.24. The lowest BCUT2D eigenvalue weighted by Gasteiger charge is -2.37. The number of ether oxygens (including phenoxy) is 1. The Labute approximate surface area is 193 Å². The fraction of sp³-hybridized carbons (Fsp3) is 0.0345. The summed E-state index contributed by atoms with van der Waals surface area (Å²) < 4.78 is 8.12. The van der Waals surface area contributed by atoms with Gasteiger partial charge in [0.2, 0.25) is 5.88 Å². The lowest BCUT2D eigenvalue weighted by Crippen LogP contribution is -2.36. The zero-order chi connectivity index (χ0) is 22.5. The van der Waals surface area contributed by atoms with Crippen LogP contribution >= 0.6 is 0 Å². The Bertz CT molecular complexity index is 1270. The second kappa shape index (κ2) is 8.86. The normalized spacial score (nSPS) is 11.0. The van der Waals surface area contributed by atoms with Crippen molar-refractivity contribution < 1.29 is 4.74 Å². The molecule has 4 heteroatoms. The van der Waals surface area contributed by atoms with Gasteiger partial charge in [-0.3, -0.25) is 0 Å². The molecular formula is C29H21N3O. The van der Waals surface area contributed by atoms with E-state index in [2.05, 4.69) is 88.4 Å². The van der Waals surface area contributed by atoms with Crippen molar-refractivity contribution in [2.24, 2.45) is 0 Å². The van der Waals surface area contributed by atoms with Crippen molar-refractivity contribution in [1.82, 2.24) is 9.55 Å². The maximum absolute atomic E-state index is 9.03. The number of hydrogen-bond acceptors (Lipinski definition) is 3. The van der Waals surface area contributed by atoms with Crippen LogP contribution in [0.1, 0.15) is 22.3 Å². The molecule has 33 heavy (non-hydrogen) atoms. The molecule has 5 aromatic rings. The highest BCUT2D eigenvalue weighted by Crippen LogP contribution is 2.41. The first-order chi connectivity index (χ1) is 16.3. The summed E-state index contributed by atoms with van der Waals surface area (Å²) >= 11 is 0. The standard InChI is InChI=1S/C29H21N3O/c30-20-23-16-18-27(19-17-23)33-28-21-32(22-31-28)29(24-10-4-1-5-11-24,25-12-6-2-7-13-25)26-14-8-3-9-15-26/h1-19,21-22H. The molecule has 0 saturated heterocycles. The second-order valence-electron chi connectivity index (χ2n) is 7.67. The molecular weight excluding hydrogens is 406 g/mol. The summed E-state index contributed by atoms with van der Waals surface area (Å²) in [7, 11) is 0. The third kappa shape index (κ3) is 3.77. The molecule has 0 N–H and O–H groups in total. The molecule has 4 aromatic carbocycles. The largest absolute Gasteiger partial charge is 0.438 e. The molecule has 0 aliphatic carbocycles. The van der Waals surface area contributed by atoms with E-state index in [0.717, 1.165) is 16.7 Å². The number of nitrogens with zero attached hydrogens (tertiary/aromatic N) is 3. The van der Waals surface area contributed by atoms with Gasteiger partial charge >= 0.3 is 0 Å². The van der Waals surface area contributed by atoms with Crippen molar-refractivity contribution in [3.05, 3.63) is 150 Å². The number of benzene rings is 4. The third-order valence-corrected chi connectivity index (χ3v) is 5.73. The first kappa shape index (κ1) is 20.3. The van der Waals surface area contributed by atoms with Crippen LogP contribution in [0.2, 0.25) is 0 Å². The van der Waals surface area contributed by atoms with Crippen molar-refractivity contribution in [3.8, 4) is 17.7 Å². The maximum atomic E-state index is 9.03. The summed E-state index contributed by atoms with van der Waals surface area (Å²) in [5.74, 6) is 1.11. The molecule has 0 aliphatic heterocycles. The molecule has 5 rings (SSSR count). The van der Waals surface area contributed by atoms with E-state index < -0.39 is 5.54 Å². The van der Waals surface area contributed by atoms with Gasteiger partial charge in [-0.15, -0.1) is 0 Å². The van der Waals surface area contributed by atoms with Crippen molar-refractivity contribution in [1.29, 1.82) is 5.26 Å². The zero-order valence-electron chi connectivity index (χ0n) is 17.9. The Balaban J connectivity index is 1.68. The van der Waals surface area contributed by atoms with Crippen LogP contribution in [0.3, 0.4) is 0 Å². The molecule has 1 heterocycles. The molecule has 0 radical (unpaired) electrons. The van der Waals surface area contributed by atoms with Gasteiger partial charge < -0.3 is 9.30 Å². The molecule has 158 valence electrons. The van der Waals surface area contributed by atoms with Gasteiger partial charge in [0.25, 0.3) is 0 Å². The lowest BCUT2D eigenvalue weighted by molar-refractivity contribution is 0.460. The van der Waals surface area contributed by atoms with Crippen LogP contribution in [0.15, 0.2) is 128 Å². The van der Waals surface area contributed by atoms with Gasteiger partial charge in [-0.2, -0.15) is 5.26 Å². The first-order valence-corrected chi connectivity index (χ1v) is 10.7. The van der Waals surface area contributed by atoms with Gasteiger partial charge in [0, 0.05) is 0 Å². The van der Waals surface area contributed by atoms with E-state index in [0.29, 0.717) is 17.2 Å². The molecule has 0 unspecified atom stereocenters. The van der Waals surface area contributed by atoms with E-state index in [4.69, 9.17) is 10.00 Å². The van der Waals surface area contributed by atoms with Crippen LogP contribution in [0.4, 0.5) is 0 Å². The molecule has 4 nitrogen and oxygen atoms in total. The number of aromatic nitrogens is 2. The highest BCUT2D eigenvalue weighted by Gasteiger charge is 2.38. The molecule has 0 amide bonds. The maximum Gasteiger partial charge on any atom is 0.237 e. The minimum atomic E-state index is -0.636. The van der Waals surface area contributed by atoms with Crippen LogP contribution in [0, 0.1) is 11.3 Å². The molecule has 0 bridgehead atoms. The number of imidazole rings is 1. The molecule has 1 aromatic heterocycles. The predicted octanol–water partition coefficient (Wildman–Crippen LogP) is 6.39. The van der Waals surface area contributed by atoms with Crippen LogP contribution in [0.5, 0.6) is 11.6 Å². The van der Waals surface area contributed by atoms with Crippen molar-refractivity contribution in [2.75, 3.05) is 0 Å². The van der Waals surface area contributed by atoms with Crippen LogP contribution < -0.4 is 4.74 Å². The summed E-state index contributed by atoms with van der Waals surface area (Å²) in [4.78, 5) is 4.57. The molecule has 0 aliphatic rings. The number of hydrogen-bond donors (Lipinski definition) is 0. The summed E-state index contributed by atoms with van der Waals surface area (Å²) in [6.45, 7) is 0. The van der Waals surface area contributed by atoms with Gasteiger partial charge in [-0.1, -0.05) is 91.0 Å². The highest BCUT2D eigenvalue weighted by molar-refractivity contribution is 5.51. The van der Waals surface area contributed by atoms with E-state index >= 15 is 0 Å². The second-order valence-corrected chi connectivity index (χ2v) is 7.67. The fourth-order valence-corrected chi connectivity index (χ4v) is 4.24. The SMILES string of the molecule is N#Cc1ccc(Oc2cn(C(c3ccccc3)(c3ccccc3)c3ccccc3)cn2)cc1. The quantitative estimate of drug-likeness (QED) is 0.295. The van der Waals surface area contributed by atoms with Gasteiger partial charge in [0.15, 0.2) is 0 Å². The van der Waals surface area contributed by atoms with Crippen LogP contribution in [0.25, 0.3) is 0 Å². The monoisotopic (exact) mass is 427 g/mol. The highest BCUT2D eigenvalue weighted by atomic mass is 16.5. The van der Waals surface area contributed by atoms with E-state index in [1.54, 1.807) is 24.3 Å². The minimum Gasteiger partial charge on any atom is -0.438 e. The summed E-state index contributed by atoms with van der Waals surface area (Å²) in [6.07, 6.45) is 3.73. The molecule has 0 saturated carbocycles. The van der Waals surface area contributed by atoms with Crippen LogP contribution in [-0.2, 0) is 5.54 Å². The molecule has 0 fully saturated rings. The molecule has 0 spiro atoms. The van der Waals surface area contributed by atoms with Gasteiger partial charge in [-0.25, -0.2) is 4.98 Å². The number of rotatable bonds is 6. The lowest BCUT2D eigenvalue weighted by atomic mass is 9.77. The summed E-state index contributed by atoms with van der Waals surface area (Å²) in [6, 6.07) is 40.4. The number of nitriles is 1. The Morgan fingerprint density at radius 1 is 0.667 bits per heavy atom. The van der Waals surface area contributed by atoms with E-state index in [9.17, 15) is 0 Å². The summed E-state index contributed by atoms with van der Waals surface area (Å²) in [5.41, 5.74) is 3.30. The van der Waals surface area contributed by atoms with Gasteiger partial charge in [-0.05, 0) is 41.0 Å². The Morgan fingerprint density at radius 3 is 1.61 bits per heavy atom. The average Bonchev–Trinajstić information content (AvgIpc) is 3.35.